The van der Waals surface area contributed by atoms with Crippen molar-refractivity contribution >= 4 is 86.2 Å². The maximum absolute atomic E-state index is 13.7. The Morgan fingerprint density at radius 1 is 0.410 bits per heavy atom. The van der Waals surface area contributed by atoms with Gasteiger partial charge in [0.25, 0.3) is 9.05 Å². The number of ether oxygens (including phenoxy) is 7. The molecule has 19 rings (SSSR count). The van der Waals surface area contributed by atoms with Crippen LogP contribution in [0.2, 0.25) is 20.2 Å². The lowest BCUT2D eigenvalue weighted by Gasteiger charge is -2.28. The van der Waals surface area contributed by atoms with Crippen LogP contribution >= 0.6 is 57.1 Å². The van der Waals surface area contributed by atoms with Crippen molar-refractivity contribution in [1.29, 1.82) is 0 Å². The molecule has 0 bridgehead atoms. The standard InChI is InChI=1S/C33H32ClN3O5S.C32H29Cl2N3O4S.C24H21Cl2NO4S/c1-40-32-11-6-22-20-37(17-13-30(22)36-32)43(38,39)25-9-10-29(34)23(18-25)21-41-33(14-15-33)28-19-35-16-12-26(28)27-4-2-3-5-31(27)42-24-7-8-24;33-28-9-8-24(42(38,39)37-16-12-29-21(19-37)5-10-31(34)36-29)17-22(28)20-40-32(13-14-32)27-18-35-15-11-25(27)26-3-1-2-4-30(26)41-23-6-7-23;25-22-8-7-18(32(26,28)29)13-16(22)15-30-24(10-11-24)21-14-27-12-9-19(21)20-3-1-2-4-23(20)31-17-5-6-17/h2-6,9-12,16,18-19,24H,7-8,13-15,17,20-21H2,1H3;1-5,8-11,15,17-18,23H,6-7,12-14,16,19-20H2;1-4,7-9,12-14,17H,5-6,10-11,15H2. The molecule has 604 valence electrons. The van der Waals surface area contributed by atoms with E-state index in [2.05, 4.69) is 43.1 Å². The summed E-state index contributed by atoms with van der Waals surface area (Å²) in [7, 11) is -4.32. The SMILES string of the molecule is COc1ccc2c(n1)CCN(S(=O)(=O)c1ccc(Cl)c(COC3(c4cnccc4-c4ccccc4OC4CC4)CC3)c1)C2.O=S(=O)(Cl)c1ccc(Cl)c(COC2(c3cnccc3-c3ccccc3OC3CC3)CC2)c1.O=S(=O)(c1ccc(Cl)c(COC2(c3cnccc3-c3ccccc3OC3CC3)CC2)c1)N1CCc2nc(Cl)ccc2C1. The topological polar surface area (TPSA) is 238 Å². The van der Waals surface area contributed by atoms with Crippen molar-refractivity contribution < 1.29 is 58.4 Å². The van der Waals surface area contributed by atoms with E-state index in [0.717, 1.165) is 167 Å². The Morgan fingerprint density at radius 3 is 1.12 bits per heavy atom. The van der Waals surface area contributed by atoms with E-state index in [-0.39, 0.29) is 59.8 Å². The van der Waals surface area contributed by atoms with Gasteiger partial charge in [-0.1, -0.05) is 113 Å². The van der Waals surface area contributed by atoms with Gasteiger partial charge in [-0.05, 0) is 219 Å². The van der Waals surface area contributed by atoms with Crippen molar-refractivity contribution in [1.82, 2.24) is 33.5 Å². The van der Waals surface area contributed by atoms with Gasteiger partial charge in [-0.3, -0.25) is 15.0 Å². The third kappa shape index (κ3) is 18.1. The van der Waals surface area contributed by atoms with Gasteiger partial charge in [-0.25, -0.2) is 35.2 Å². The summed E-state index contributed by atoms with van der Waals surface area (Å²) >= 11 is 25.5. The Balaban J connectivity index is 0.000000128. The van der Waals surface area contributed by atoms with Gasteiger partial charge in [0.1, 0.15) is 22.4 Å². The fourth-order valence-electron chi connectivity index (χ4n) is 14.9. The molecular formula is C89H82Cl5N7O13S3. The molecule has 0 atom stereocenters. The number of sulfonamides is 2. The Morgan fingerprint density at radius 2 is 0.761 bits per heavy atom. The van der Waals surface area contributed by atoms with Crippen molar-refractivity contribution in [3.63, 3.8) is 0 Å². The van der Waals surface area contributed by atoms with E-state index >= 15 is 0 Å². The molecule has 7 heterocycles. The highest BCUT2D eigenvalue weighted by Gasteiger charge is 2.51. The molecule has 28 heteroatoms. The third-order valence-electron chi connectivity index (χ3n) is 22.3. The van der Waals surface area contributed by atoms with Crippen LogP contribution in [0.15, 0.2) is 222 Å². The lowest BCUT2D eigenvalue weighted by atomic mass is 9.96. The molecule has 0 unspecified atom stereocenters. The lowest BCUT2D eigenvalue weighted by molar-refractivity contribution is 0.0171. The molecule has 20 nitrogen and oxygen atoms in total. The van der Waals surface area contributed by atoms with Gasteiger partial charge in [0.15, 0.2) is 0 Å². The second-order valence-corrected chi connectivity index (χ2v) is 38.7. The zero-order valence-electron chi connectivity index (χ0n) is 63.8. The number of halogens is 5. The molecule has 0 N–H and O–H groups in total. The zero-order valence-corrected chi connectivity index (χ0v) is 70.0. The molecule has 5 aromatic heterocycles. The third-order valence-corrected chi connectivity index (χ3v) is 28.7. The Hall–Kier alpha value is -8.63. The first kappa shape index (κ1) is 80.8. The minimum absolute atomic E-state index is 0.000215. The summed E-state index contributed by atoms with van der Waals surface area (Å²) < 4.78 is 124. The first-order valence-corrected chi connectivity index (χ1v) is 45.8. The second-order valence-electron chi connectivity index (χ2n) is 30.6. The molecule has 6 aromatic carbocycles. The predicted molar refractivity (Wildman–Crippen MR) is 447 cm³/mol. The highest BCUT2D eigenvalue weighted by atomic mass is 35.7. The number of hydrogen-bond acceptors (Lipinski definition) is 18. The molecule has 2 aliphatic heterocycles. The number of para-hydroxylation sites is 3. The highest BCUT2D eigenvalue weighted by molar-refractivity contribution is 8.13. The van der Waals surface area contributed by atoms with Crippen LogP contribution in [0, 0.1) is 0 Å². The van der Waals surface area contributed by atoms with Gasteiger partial charge in [0.2, 0.25) is 25.9 Å². The molecule has 0 radical (unpaired) electrons. The lowest BCUT2D eigenvalue weighted by Crippen LogP contribution is -2.36. The molecule has 0 amide bonds. The van der Waals surface area contributed by atoms with Gasteiger partial charge in [-0.2, -0.15) is 8.61 Å². The normalized spacial score (nSPS) is 17.7. The molecule has 11 aromatic rings. The number of methoxy groups -OCH3 is 1. The molecule has 6 aliphatic carbocycles. The first-order valence-electron chi connectivity index (χ1n) is 39.1. The summed E-state index contributed by atoms with van der Waals surface area (Å²) in [6, 6.07) is 51.4. The van der Waals surface area contributed by atoms with E-state index in [4.69, 9.17) is 90.2 Å². The van der Waals surface area contributed by atoms with Crippen molar-refractivity contribution in [3.8, 4) is 56.5 Å². The molecule has 0 spiro atoms. The molecule has 6 fully saturated rings. The Kier molecular flexibility index (Phi) is 23.1. The largest absolute Gasteiger partial charge is 0.490 e. The summed E-state index contributed by atoms with van der Waals surface area (Å²) in [4.78, 5) is 22.4. The maximum atomic E-state index is 13.7. The van der Waals surface area contributed by atoms with Crippen LogP contribution in [0.3, 0.4) is 0 Å². The zero-order chi connectivity index (χ0) is 80.9. The molecule has 8 aliphatic rings. The number of pyridine rings is 5. The number of benzene rings is 6. The number of aromatic nitrogens is 5. The highest BCUT2D eigenvalue weighted by Crippen LogP contribution is 2.57. The minimum atomic E-state index is -3.85. The van der Waals surface area contributed by atoms with Crippen LogP contribution in [0.25, 0.3) is 33.4 Å². The summed E-state index contributed by atoms with van der Waals surface area (Å²) in [6.07, 6.45) is 24.3. The van der Waals surface area contributed by atoms with Gasteiger partial charge < -0.3 is 33.2 Å². The van der Waals surface area contributed by atoms with Gasteiger partial charge in [0.05, 0.1) is 82.4 Å². The summed E-state index contributed by atoms with van der Waals surface area (Å²) in [5, 5.41) is 1.77. The van der Waals surface area contributed by atoms with Crippen molar-refractivity contribution in [3.05, 3.63) is 283 Å². The Bertz CT molecular complexity index is 5970. The molecule has 6 saturated carbocycles. The fraction of sp³-hybridized carbons (Fsp3) is 0.315. The van der Waals surface area contributed by atoms with E-state index < -0.39 is 45.9 Å². The van der Waals surface area contributed by atoms with Crippen LogP contribution in [0.5, 0.6) is 23.1 Å². The Labute approximate surface area is 705 Å². The van der Waals surface area contributed by atoms with Crippen molar-refractivity contribution in [2.24, 2.45) is 0 Å². The van der Waals surface area contributed by atoms with Crippen molar-refractivity contribution in [2.45, 2.75) is 173 Å². The van der Waals surface area contributed by atoms with Gasteiger partial charge in [-0.15, -0.1) is 0 Å². The van der Waals surface area contributed by atoms with Crippen LogP contribution in [0.4, 0.5) is 0 Å². The van der Waals surface area contributed by atoms with Gasteiger partial charge >= 0.3 is 0 Å². The average molecular weight is 1730 g/mol. The molecule has 0 saturated heterocycles. The monoisotopic (exact) mass is 1730 g/mol. The second kappa shape index (κ2) is 33.5. The number of nitrogens with zero attached hydrogens (tertiary/aromatic N) is 7. The quantitative estimate of drug-likeness (QED) is 0.0343. The summed E-state index contributed by atoms with van der Waals surface area (Å²) in [5.74, 6) is 3.12. The molecule has 117 heavy (non-hydrogen) atoms. The first-order chi connectivity index (χ1) is 56.5. The van der Waals surface area contributed by atoms with Crippen LogP contribution in [-0.2, 0) is 106 Å². The van der Waals surface area contributed by atoms with Crippen LogP contribution in [-0.4, -0.2) is 97.3 Å². The summed E-state index contributed by atoms with van der Waals surface area (Å²) in [5.41, 5.74) is 12.8. The number of rotatable bonds is 27. The van der Waals surface area contributed by atoms with Crippen LogP contribution < -0.4 is 18.9 Å². The van der Waals surface area contributed by atoms with Crippen LogP contribution in [0.1, 0.15) is 133 Å². The number of hydrogen-bond donors (Lipinski definition) is 0. The van der Waals surface area contributed by atoms with E-state index in [0.29, 0.717) is 74.8 Å². The maximum Gasteiger partial charge on any atom is 0.261 e. The van der Waals surface area contributed by atoms with Gasteiger partial charge in [0, 0.05) is 147 Å². The summed E-state index contributed by atoms with van der Waals surface area (Å²) in [6.45, 7) is 1.66. The fourth-order valence-corrected chi connectivity index (χ4v) is 19.3. The van der Waals surface area contributed by atoms with E-state index in [1.165, 1.54) is 26.8 Å². The van der Waals surface area contributed by atoms with Crippen molar-refractivity contribution in [2.75, 3.05) is 20.2 Å². The smallest absolute Gasteiger partial charge is 0.261 e. The van der Waals surface area contributed by atoms with E-state index in [1.807, 2.05) is 104 Å². The minimum Gasteiger partial charge on any atom is -0.490 e. The predicted octanol–water partition coefficient (Wildman–Crippen LogP) is 19.3. The number of fused-ring (bicyclic) bond motifs is 2. The average Bonchev–Trinajstić information content (AvgIpc) is 1.49. The van der Waals surface area contributed by atoms with E-state index in [1.54, 1.807) is 74.2 Å². The van der Waals surface area contributed by atoms with E-state index in [9.17, 15) is 25.3 Å². The molecular weight excluding hydrogens is 1650 g/mol.